The van der Waals surface area contributed by atoms with E-state index in [1.807, 2.05) is 24.3 Å². The molecule has 2 rings (SSSR count). The minimum atomic E-state index is 0.0360. The summed E-state index contributed by atoms with van der Waals surface area (Å²) in [5.74, 6) is 0.231. The third-order valence-corrected chi connectivity index (χ3v) is 2.79. The van der Waals surface area contributed by atoms with Gasteiger partial charge >= 0.3 is 0 Å². The molecule has 0 saturated carbocycles. The number of aliphatic hydroxyl groups is 1. The van der Waals surface area contributed by atoms with Gasteiger partial charge in [0.1, 0.15) is 0 Å². The molecule has 16 heavy (non-hydrogen) atoms. The highest BCUT2D eigenvalue weighted by Gasteiger charge is 2.24. The second-order valence-corrected chi connectivity index (χ2v) is 4.05. The molecule has 86 valence electrons. The topological polar surface area (TPSA) is 61.4 Å². The van der Waals surface area contributed by atoms with Gasteiger partial charge in [0.05, 0.1) is 12.5 Å². The predicted molar refractivity (Wildman–Crippen MR) is 60.6 cm³/mol. The lowest BCUT2D eigenvalue weighted by molar-refractivity contribution is -0.126. The number of hydrogen-bond acceptors (Lipinski definition) is 3. The highest BCUT2D eigenvalue weighted by Crippen LogP contribution is 2.06. The lowest BCUT2D eigenvalue weighted by atomic mass is 10.0. The smallest absolute Gasteiger partial charge is 0.225 e. The second-order valence-electron chi connectivity index (χ2n) is 4.05. The monoisotopic (exact) mass is 220 g/mol. The molecule has 4 nitrogen and oxygen atoms in total. The number of benzene rings is 1. The maximum atomic E-state index is 11.6. The zero-order valence-corrected chi connectivity index (χ0v) is 9.07. The summed E-state index contributed by atoms with van der Waals surface area (Å²) in [4.78, 5) is 11.6. The maximum Gasteiger partial charge on any atom is 0.225 e. The Kier molecular flexibility index (Phi) is 3.54. The van der Waals surface area contributed by atoms with Crippen molar-refractivity contribution in [2.45, 2.75) is 13.2 Å². The summed E-state index contributed by atoms with van der Waals surface area (Å²) in [6.07, 6.45) is 0. The van der Waals surface area contributed by atoms with Crippen LogP contribution in [0.4, 0.5) is 0 Å². The normalized spacial score (nSPS) is 15.6. The zero-order valence-electron chi connectivity index (χ0n) is 9.07. The number of rotatable bonds is 4. The van der Waals surface area contributed by atoms with Gasteiger partial charge in [-0.05, 0) is 11.1 Å². The van der Waals surface area contributed by atoms with E-state index < -0.39 is 0 Å². The van der Waals surface area contributed by atoms with Crippen LogP contribution >= 0.6 is 0 Å². The summed E-state index contributed by atoms with van der Waals surface area (Å²) >= 11 is 0. The molecule has 1 saturated heterocycles. The molecule has 0 aliphatic carbocycles. The van der Waals surface area contributed by atoms with Gasteiger partial charge in [-0.3, -0.25) is 4.79 Å². The number of aliphatic hydroxyl groups excluding tert-OH is 1. The van der Waals surface area contributed by atoms with E-state index in [2.05, 4.69) is 10.6 Å². The van der Waals surface area contributed by atoms with Crippen molar-refractivity contribution in [3.8, 4) is 0 Å². The molecule has 3 N–H and O–H groups in total. The first-order valence-corrected chi connectivity index (χ1v) is 5.46. The Hall–Kier alpha value is -1.39. The van der Waals surface area contributed by atoms with Gasteiger partial charge in [0, 0.05) is 19.6 Å². The van der Waals surface area contributed by atoms with Crippen molar-refractivity contribution in [3.05, 3.63) is 35.4 Å². The van der Waals surface area contributed by atoms with Crippen LogP contribution in [0.15, 0.2) is 24.3 Å². The van der Waals surface area contributed by atoms with Gasteiger partial charge in [-0.2, -0.15) is 0 Å². The van der Waals surface area contributed by atoms with Gasteiger partial charge in [-0.1, -0.05) is 24.3 Å². The summed E-state index contributed by atoms with van der Waals surface area (Å²) in [5, 5.41) is 14.9. The minimum absolute atomic E-state index is 0.0360. The standard InChI is InChI=1S/C12H16N2O2/c15-8-10-3-1-2-9(4-10)5-14-12(16)11-6-13-7-11/h1-4,11,13,15H,5-8H2,(H,14,16). The Balaban J connectivity index is 1.86. The molecule has 1 aromatic rings. The van der Waals surface area contributed by atoms with Crippen LogP contribution in [0.5, 0.6) is 0 Å². The molecule has 1 aliphatic heterocycles. The first-order valence-electron chi connectivity index (χ1n) is 5.46. The van der Waals surface area contributed by atoms with Crippen molar-refractivity contribution in [1.82, 2.24) is 10.6 Å². The van der Waals surface area contributed by atoms with Crippen molar-refractivity contribution in [3.63, 3.8) is 0 Å². The van der Waals surface area contributed by atoms with Crippen LogP contribution in [0.2, 0.25) is 0 Å². The predicted octanol–water partition coefficient (Wildman–Crippen LogP) is 0.0145. The molecule has 0 atom stereocenters. The summed E-state index contributed by atoms with van der Waals surface area (Å²) in [5.41, 5.74) is 1.89. The Labute approximate surface area is 94.7 Å². The Morgan fingerprint density at radius 2 is 2.19 bits per heavy atom. The lowest BCUT2D eigenvalue weighted by Gasteiger charge is -2.25. The number of hydrogen-bond donors (Lipinski definition) is 3. The summed E-state index contributed by atoms with van der Waals surface area (Å²) in [6.45, 7) is 2.13. The van der Waals surface area contributed by atoms with Crippen LogP contribution < -0.4 is 10.6 Å². The van der Waals surface area contributed by atoms with Gasteiger partial charge in [0.2, 0.25) is 5.91 Å². The fourth-order valence-corrected chi connectivity index (χ4v) is 1.65. The molecule has 0 unspecified atom stereocenters. The fraction of sp³-hybridized carbons (Fsp3) is 0.417. The van der Waals surface area contributed by atoms with Crippen molar-refractivity contribution in [1.29, 1.82) is 0 Å². The highest BCUT2D eigenvalue weighted by molar-refractivity contribution is 5.79. The Morgan fingerprint density at radius 3 is 2.81 bits per heavy atom. The van der Waals surface area contributed by atoms with Crippen molar-refractivity contribution in [2.75, 3.05) is 13.1 Å². The number of amides is 1. The molecule has 1 heterocycles. The molecule has 0 bridgehead atoms. The third-order valence-electron chi connectivity index (χ3n) is 2.79. The highest BCUT2D eigenvalue weighted by atomic mass is 16.3. The van der Waals surface area contributed by atoms with Crippen LogP contribution in [0, 0.1) is 5.92 Å². The van der Waals surface area contributed by atoms with E-state index in [1.54, 1.807) is 0 Å². The van der Waals surface area contributed by atoms with Crippen molar-refractivity contribution < 1.29 is 9.90 Å². The average Bonchev–Trinajstić information content (AvgIpc) is 2.24. The summed E-state index contributed by atoms with van der Waals surface area (Å²) in [7, 11) is 0. The molecular formula is C12H16N2O2. The summed E-state index contributed by atoms with van der Waals surface area (Å²) in [6, 6.07) is 7.59. The van der Waals surface area contributed by atoms with Gasteiger partial charge in [0.25, 0.3) is 0 Å². The Morgan fingerprint density at radius 1 is 1.44 bits per heavy atom. The van der Waals surface area contributed by atoms with Gasteiger partial charge < -0.3 is 15.7 Å². The number of carbonyl (C=O) groups is 1. The van der Waals surface area contributed by atoms with Gasteiger partial charge in [-0.25, -0.2) is 0 Å². The van der Waals surface area contributed by atoms with E-state index in [1.165, 1.54) is 0 Å². The van der Waals surface area contributed by atoms with E-state index in [-0.39, 0.29) is 18.4 Å². The molecule has 1 aliphatic rings. The third kappa shape index (κ3) is 2.59. The van der Waals surface area contributed by atoms with Crippen LogP contribution in [-0.2, 0) is 17.9 Å². The van der Waals surface area contributed by atoms with Crippen LogP contribution in [-0.4, -0.2) is 24.1 Å². The molecule has 1 fully saturated rings. The molecule has 1 amide bonds. The van der Waals surface area contributed by atoms with E-state index in [9.17, 15) is 4.79 Å². The van der Waals surface area contributed by atoms with Gasteiger partial charge in [-0.15, -0.1) is 0 Å². The van der Waals surface area contributed by atoms with E-state index in [0.717, 1.165) is 24.2 Å². The molecule has 4 heteroatoms. The lowest BCUT2D eigenvalue weighted by Crippen LogP contribution is -2.50. The minimum Gasteiger partial charge on any atom is -0.392 e. The number of carbonyl (C=O) groups excluding carboxylic acids is 1. The van der Waals surface area contributed by atoms with E-state index in [0.29, 0.717) is 6.54 Å². The quantitative estimate of drug-likeness (QED) is 0.670. The largest absolute Gasteiger partial charge is 0.392 e. The average molecular weight is 220 g/mol. The first kappa shape index (κ1) is 11.1. The zero-order chi connectivity index (χ0) is 11.4. The SMILES string of the molecule is O=C(NCc1cccc(CO)c1)C1CNC1. The fourth-order valence-electron chi connectivity index (χ4n) is 1.65. The number of nitrogens with one attached hydrogen (secondary N) is 2. The molecule has 0 radical (unpaired) electrons. The molecular weight excluding hydrogens is 204 g/mol. The van der Waals surface area contributed by atoms with E-state index >= 15 is 0 Å². The van der Waals surface area contributed by atoms with Crippen molar-refractivity contribution in [2.24, 2.45) is 5.92 Å². The van der Waals surface area contributed by atoms with E-state index in [4.69, 9.17) is 5.11 Å². The van der Waals surface area contributed by atoms with Crippen LogP contribution in [0.25, 0.3) is 0 Å². The van der Waals surface area contributed by atoms with Crippen molar-refractivity contribution >= 4 is 5.91 Å². The molecule has 1 aromatic carbocycles. The van der Waals surface area contributed by atoms with Crippen LogP contribution in [0.3, 0.4) is 0 Å². The first-order chi connectivity index (χ1) is 7.79. The van der Waals surface area contributed by atoms with Gasteiger partial charge in [0.15, 0.2) is 0 Å². The Bertz CT molecular complexity index is 375. The summed E-state index contributed by atoms with van der Waals surface area (Å²) < 4.78 is 0. The second kappa shape index (κ2) is 5.09. The maximum absolute atomic E-state index is 11.6. The molecule has 0 spiro atoms. The molecule has 0 aromatic heterocycles. The van der Waals surface area contributed by atoms with Crippen LogP contribution in [0.1, 0.15) is 11.1 Å².